The average molecular weight is 335 g/mol. The standard InChI is InChI=1S/C13H20Cl2N4O2/c14-11-10-2-5-19(12(10)17-13(15)16-11)4-1-3-18(6-8-20)7-9-21/h20-21H,1-9H2. The lowest BCUT2D eigenvalue weighted by atomic mass is 10.3. The van der Waals surface area contributed by atoms with Crippen molar-refractivity contribution in [3.8, 4) is 0 Å². The molecule has 0 saturated heterocycles. The van der Waals surface area contributed by atoms with Gasteiger partial charge >= 0.3 is 0 Å². The van der Waals surface area contributed by atoms with Crippen molar-refractivity contribution < 1.29 is 10.2 Å². The Labute approximate surface area is 134 Å². The molecule has 2 heterocycles. The minimum Gasteiger partial charge on any atom is -0.395 e. The van der Waals surface area contributed by atoms with E-state index in [1.807, 2.05) is 4.90 Å². The van der Waals surface area contributed by atoms with Crippen LogP contribution in [-0.4, -0.2) is 71.0 Å². The van der Waals surface area contributed by atoms with Crippen LogP contribution in [0.25, 0.3) is 0 Å². The van der Waals surface area contributed by atoms with Crippen LogP contribution in [0.4, 0.5) is 5.82 Å². The zero-order valence-corrected chi connectivity index (χ0v) is 13.3. The molecule has 0 atom stereocenters. The van der Waals surface area contributed by atoms with E-state index in [4.69, 9.17) is 33.4 Å². The molecule has 1 aliphatic rings. The SMILES string of the molecule is OCCN(CCO)CCCN1CCc2c(Cl)nc(Cl)nc21. The first-order chi connectivity index (χ1) is 10.2. The molecule has 0 unspecified atom stereocenters. The van der Waals surface area contributed by atoms with E-state index < -0.39 is 0 Å². The molecule has 0 radical (unpaired) electrons. The molecule has 8 heteroatoms. The molecule has 1 aromatic rings. The number of aromatic nitrogens is 2. The van der Waals surface area contributed by atoms with Gasteiger partial charge in [-0.3, -0.25) is 4.90 Å². The van der Waals surface area contributed by atoms with Gasteiger partial charge in [0.05, 0.1) is 13.2 Å². The number of rotatable bonds is 8. The summed E-state index contributed by atoms with van der Waals surface area (Å²) in [6.45, 7) is 3.89. The third-order valence-corrected chi connectivity index (χ3v) is 4.06. The molecule has 2 rings (SSSR count). The Bertz CT molecular complexity index is 470. The molecule has 0 spiro atoms. The van der Waals surface area contributed by atoms with E-state index in [0.717, 1.165) is 43.9 Å². The summed E-state index contributed by atoms with van der Waals surface area (Å²) in [5, 5.41) is 18.6. The molecular formula is C13H20Cl2N4O2. The van der Waals surface area contributed by atoms with Gasteiger partial charge in [0.2, 0.25) is 5.28 Å². The fraction of sp³-hybridized carbons (Fsp3) is 0.692. The maximum absolute atomic E-state index is 8.99. The van der Waals surface area contributed by atoms with E-state index in [-0.39, 0.29) is 18.5 Å². The summed E-state index contributed by atoms with van der Waals surface area (Å²) in [6, 6.07) is 0. The topological polar surface area (TPSA) is 72.7 Å². The molecule has 1 aliphatic heterocycles. The number of nitrogens with zero attached hydrogens (tertiary/aromatic N) is 4. The quantitative estimate of drug-likeness (QED) is 0.541. The van der Waals surface area contributed by atoms with E-state index in [0.29, 0.717) is 18.2 Å². The molecule has 21 heavy (non-hydrogen) atoms. The Kier molecular flexibility index (Phi) is 6.44. The molecular weight excluding hydrogens is 315 g/mol. The van der Waals surface area contributed by atoms with Gasteiger partial charge in [-0.15, -0.1) is 0 Å². The third kappa shape index (κ3) is 4.40. The van der Waals surface area contributed by atoms with Gasteiger partial charge in [0.25, 0.3) is 0 Å². The highest BCUT2D eigenvalue weighted by Gasteiger charge is 2.24. The summed E-state index contributed by atoms with van der Waals surface area (Å²) in [6.07, 6.45) is 1.75. The maximum atomic E-state index is 8.99. The van der Waals surface area contributed by atoms with Crippen LogP contribution in [0.5, 0.6) is 0 Å². The normalized spacial score (nSPS) is 14.0. The summed E-state index contributed by atoms with van der Waals surface area (Å²) < 4.78 is 0. The lowest BCUT2D eigenvalue weighted by Gasteiger charge is -2.23. The minimum absolute atomic E-state index is 0.102. The number of hydrogen-bond donors (Lipinski definition) is 2. The first kappa shape index (κ1) is 16.7. The summed E-state index contributed by atoms with van der Waals surface area (Å²) in [5.41, 5.74) is 0.962. The van der Waals surface area contributed by atoms with Crippen LogP contribution in [0.3, 0.4) is 0 Å². The van der Waals surface area contributed by atoms with E-state index in [1.54, 1.807) is 0 Å². The molecule has 0 aromatic carbocycles. The van der Waals surface area contributed by atoms with Crippen molar-refractivity contribution in [1.82, 2.24) is 14.9 Å². The zero-order chi connectivity index (χ0) is 15.2. The first-order valence-corrected chi connectivity index (χ1v) is 7.82. The van der Waals surface area contributed by atoms with Crippen molar-refractivity contribution in [1.29, 1.82) is 0 Å². The number of anilines is 1. The average Bonchev–Trinajstić information content (AvgIpc) is 2.83. The molecule has 1 aromatic heterocycles. The highest BCUT2D eigenvalue weighted by Crippen LogP contribution is 2.31. The number of halogens is 2. The van der Waals surface area contributed by atoms with Gasteiger partial charge in [0.1, 0.15) is 11.0 Å². The number of fused-ring (bicyclic) bond motifs is 1. The smallest absolute Gasteiger partial charge is 0.225 e. The molecule has 2 N–H and O–H groups in total. The zero-order valence-electron chi connectivity index (χ0n) is 11.8. The highest BCUT2D eigenvalue weighted by molar-refractivity contribution is 6.32. The first-order valence-electron chi connectivity index (χ1n) is 7.06. The Morgan fingerprint density at radius 2 is 1.81 bits per heavy atom. The summed E-state index contributed by atoms with van der Waals surface area (Å²) >= 11 is 11.9. The van der Waals surface area contributed by atoms with Crippen molar-refractivity contribution in [3.63, 3.8) is 0 Å². The second kappa shape index (κ2) is 8.10. The fourth-order valence-corrected chi connectivity index (χ4v) is 3.04. The van der Waals surface area contributed by atoms with Gasteiger partial charge in [0.15, 0.2) is 0 Å². The predicted octanol–water partition coefficient (Wildman–Crippen LogP) is 0.823. The van der Waals surface area contributed by atoms with E-state index in [2.05, 4.69) is 14.9 Å². The van der Waals surface area contributed by atoms with Crippen molar-refractivity contribution in [3.05, 3.63) is 16.0 Å². The summed E-state index contributed by atoms with van der Waals surface area (Å²) in [4.78, 5) is 12.4. The molecule has 0 amide bonds. The highest BCUT2D eigenvalue weighted by atomic mass is 35.5. The van der Waals surface area contributed by atoms with Gasteiger partial charge in [-0.05, 0) is 24.4 Å². The van der Waals surface area contributed by atoms with Crippen LogP contribution < -0.4 is 4.90 Å². The minimum atomic E-state index is 0.102. The third-order valence-electron chi connectivity index (χ3n) is 3.57. The van der Waals surface area contributed by atoms with Crippen LogP contribution in [-0.2, 0) is 6.42 Å². The Balaban J connectivity index is 1.89. The Morgan fingerprint density at radius 3 is 2.48 bits per heavy atom. The van der Waals surface area contributed by atoms with Gasteiger partial charge in [-0.25, -0.2) is 9.97 Å². The molecule has 6 nitrogen and oxygen atoms in total. The second-order valence-electron chi connectivity index (χ2n) is 4.97. The van der Waals surface area contributed by atoms with Crippen molar-refractivity contribution in [2.45, 2.75) is 12.8 Å². The van der Waals surface area contributed by atoms with Crippen molar-refractivity contribution in [2.75, 3.05) is 50.8 Å². The van der Waals surface area contributed by atoms with Crippen LogP contribution in [0, 0.1) is 0 Å². The van der Waals surface area contributed by atoms with E-state index >= 15 is 0 Å². The maximum Gasteiger partial charge on any atom is 0.225 e. The number of aliphatic hydroxyl groups excluding tert-OH is 2. The molecule has 118 valence electrons. The van der Waals surface area contributed by atoms with E-state index in [9.17, 15) is 0 Å². The Morgan fingerprint density at radius 1 is 1.10 bits per heavy atom. The molecule has 0 fully saturated rings. The molecule has 0 aliphatic carbocycles. The lowest BCUT2D eigenvalue weighted by Crippen LogP contribution is -2.33. The van der Waals surface area contributed by atoms with Crippen LogP contribution >= 0.6 is 23.2 Å². The van der Waals surface area contributed by atoms with Crippen molar-refractivity contribution in [2.24, 2.45) is 0 Å². The van der Waals surface area contributed by atoms with E-state index in [1.165, 1.54) is 0 Å². The Hall–Kier alpha value is -0.660. The predicted molar refractivity (Wildman–Crippen MR) is 83.2 cm³/mol. The lowest BCUT2D eigenvalue weighted by molar-refractivity contribution is 0.160. The van der Waals surface area contributed by atoms with Crippen LogP contribution in [0.2, 0.25) is 10.4 Å². The summed E-state index contributed by atoms with van der Waals surface area (Å²) in [7, 11) is 0. The molecule has 0 saturated carbocycles. The number of hydrogen-bond acceptors (Lipinski definition) is 6. The fourth-order valence-electron chi connectivity index (χ4n) is 2.57. The summed E-state index contributed by atoms with van der Waals surface area (Å²) in [5.74, 6) is 0.830. The number of aliphatic hydroxyl groups is 2. The van der Waals surface area contributed by atoms with Crippen LogP contribution in [0.15, 0.2) is 0 Å². The van der Waals surface area contributed by atoms with Gasteiger partial charge in [-0.2, -0.15) is 0 Å². The largest absolute Gasteiger partial charge is 0.395 e. The molecule has 0 bridgehead atoms. The van der Waals surface area contributed by atoms with Crippen LogP contribution in [0.1, 0.15) is 12.0 Å². The van der Waals surface area contributed by atoms with Crippen molar-refractivity contribution >= 4 is 29.0 Å². The van der Waals surface area contributed by atoms with Gasteiger partial charge < -0.3 is 15.1 Å². The monoisotopic (exact) mass is 334 g/mol. The van der Waals surface area contributed by atoms with Gasteiger partial charge in [-0.1, -0.05) is 11.6 Å². The second-order valence-corrected chi connectivity index (χ2v) is 5.66. The van der Waals surface area contributed by atoms with Gasteiger partial charge in [0, 0.05) is 38.3 Å².